The molecular weight excluding hydrogens is 336 g/mol. The zero-order valence-electron chi connectivity index (χ0n) is 13.8. The lowest BCUT2D eigenvalue weighted by Crippen LogP contribution is -2.40. The molecule has 0 saturated carbocycles. The SMILES string of the molecule is CC(C)[C@@H](N)C(=O)OC[C@H]1O[C@@H](n2ccc(NO)nc2=O)[C@H](O)[C@@H]1O. The van der Waals surface area contributed by atoms with Crippen LogP contribution in [0.5, 0.6) is 0 Å². The fourth-order valence-electron chi connectivity index (χ4n) is 2.30. The summed E-state index contributed by atoms with van der Waals surface area (Å²) >= 11 is 0. The normalized spacial score (nSPS) is 27.3. The Hall–Kier alpha value is -2.05. The van der Waals surface area contributed by atoms with E-state index in [0.29, 0.717) is 0 Å². The van der Waals surface area contributed by atoms with Crippen molar-refractivity contribution in [2.45, 2.75) is 44.4 Å². The smallest absolute Gasteiger partial charge is 0.351 e. The first-order valence-electron chi connectivity index (χ1n) is 7.69. The number of esters is 1. The third-order valence-electron chi connectivity index (χ3n) is 3.94. The Labute approximate surface area is 143 Å². The van der Waals surface area contributed by atoms with Crippen molar-refractivity contribution in [1.29, 1.82) is 0 Å². The fraction of sp³-hybridized carbons (Fsp3) is 0.643. The lowest BCUT2D eigenvalue weighted by atomic mass is 10.1. The standard InChI is InChI=1S/C14H22N4O7/c1-6(2)9(15)13(21)24-5-7-10(19)11(20)12(25-7)18-4-3-8(17-23)16-14(18)22/h3-4,6-7,9-12,19-20,23H,5,15H2,1-2H3,(H,16,17,22)/t7-,9-,10-,11-,12-/m1/s1. The number of aromatic nitrogens is 2. The summed E-state index contributed by atoms with van der Waals surface area (Å²) in [6.45, 7) is 3.19. The number of rotatable bonds is 6. The summed E-state index contributed by atoms with van der Waals surface area (Å²) in [5.74, 6) is -0.855. The van der Waals surface area contributed by atoms with Crippen LogP contribution in [0.1, 0.15) is 20.1 Å². The molecule has 5 atom stereocenters. The Morgan fingerprint density at radius 3 is 2.72 bits per heavy atom. The quantitative estimate of drug-likeness (QED) is 0.288. The van der Waals surface area contributed by atoms with Gasteiger partial charge in [-0.05, 0) is 12.0 Å². The monoisotopic (exact) mass is 358 g/mol. The molecule has 1 aromatic heterocycles. The highest BCUT2D eigenvalue weighted by molar-refractivity contribution is 5.75. The summed E-state index contributed by atoms with van der Waals surface area (Å²) in [4.78, 5) is 27.2. The van der Waals surface area contributed by atoms with Gasteiger partial charge in [-0.25, -0.2) is 4.79 Å². The Morgan fingerprint density at radius 2 is 2.16 bits per heavy atom. The van der Waals surface area contributed by atoms with Crippen LogP contribution < -0.4 is 16.9 Å². The fourth-order valence-corrected chi connectivity index (χ4v) is 2.30. The van der Waals surface area contributed by atoms with Crippen molar-refractivity contribution in [2.75, 3.05) is 12.1 Å². The number of nitrogens with one attached hydrogen (secondary N) is 1. The molecule has 11 heteroatoms. The van der Waals surface area contributed by atoms with Gasteiger partial charge in [0.05, 0.1) is 0 Å². The second-order valence-corrected chi connectivity index (χ2v) is 6.06. The van der Waals surface area contributed by atoms with Gasteiger partial charge >= 0.3 is 11.7 Å². The zero-order valence-corrected chi connectivity index (χ0v) is 13.8. The molecule has 2 heterocycles. The van der Waals surface area contributed by atoms with Gasteiger partial charge < -0.3 is 25.4 Å². The number of nitrogens with zero attached hydrogens (tertiary/aromatic N) is 2. The molecule has 0 amide bonds. The number of carbonyl (C=O) groups is 1. The molecule has 0 aromatic carbocycles. The van der Waals surface area contributed by atoms with Crippen LogP contribution in [-0.2, 0) is 14.3 Å². The number of nitrogens with two attached hydrogens (primary N) is 1. The van der Waals surface area contributed by atoms with Crippen molar-refractivity contribution in [3.63, 3.8) is 0 Å². The second-order valence-electron chi connectivity index (χ2n) is 6.06. The number of hydrogen-bond donors (Lipinski definition) is 5. The molecule has 140 valence electrons. The molecule has 1 aromatic rings. The molecule has 11 nitrogen and oxygen atoms in total. The number of aliphatic hydroxyl groups excluding tert-OH is 2. The third kappa shape index (κ3) is 4.14. The summed E-state index contributed by atoms with van der Waals surface area (Å²) in [6.07, 6.45) is -3.83. The minimum absolute atomic E-state index is 0.0811. The van der Waals surface area contributed by atoms with Crippen LogP contribution in [0.3, 0.4) is 0 Å². The number of ether oxygens (including phenoxy) is 2. The minimum Gasteiger partial charge on any atom is -0.462 e. The summed E-state index contributed by atoms with van der Waals surface area (Å²) in [5.41, 5.74) is 6.57. The average Bonchev–Trinajstić information content (AvgIpc) is 2.86. The van der Waals surface area contributed by atoms with Gasteiger partial charge in [0, 0.05) is 6.20 Å². The van der Waals surface area contributed by atoms with E-state index in [-0.39, 0.29) is 18.3 Å². The average molecular weight is 358 g/mol. The molecule has 1 aliphatic rings. The number of hydrogen-bond acceptors (Lipinski definition) is 10. The molecular formula is C14H22N4O7. The van der Waals surface area contributed by atoms with E-state index in [1.54, 1.807) is 19.3 Å². The predicted molar refractivity (Wildman–Crippen MR) is 83.6 cm³/mol. The third-order valence-corrected chi connectivity index (χ3v) is 3.94. The topological polar surface area (TPSA) is 169 Å². The maximum absolute atomic E-state index is 11.9. The second kappa shape index (κ2) is 7.89. The van der Waals surface area contributed by atoms with Gasteiger partial charge in [0.15, 0.2) is 12.0 Å². The number of anilines is 1. The van der Waals surface area contributed by atoms with Crippen LogP contribution in [0.25, 0.3) is 0 Å². The van der Waals surface area contributed by atoms with Crippen molar-refractivity contribution in [3.05, 3.63) is 22.7 Å². The van der Waals surface area contributed by atoms with E-state index < -0.39 is 42.2 Å². The summed E-state index contributed by atoms with van der Waals surface area (Å²) in [7, 11) is 0. The summed E-state index contributed by atoms with van der Waals surface area (Å²) in [6, 6.07) is 0.461. The van der Waals surface area contributed by atoms with E-state index in [4.69, 9.17) is 20.4 Å². The van der Waals surface area contributed by atoms with Gasteiger partial charge in [-0.1, -0.05) is 13.8 Å². The van der Waals surface area contributed by atoms with Crippen LogP contribution in [-0.4, -0.2) is 61.9 Å². The summed E-state index contributed by atoms with van der Waals surface area (Å²) < 4.78 is 11.4. The Balaban J connectivity index is 2.06. The van der Waals surface area contributed by atoms with E-state index >= 15 is 0 Å². The number of aliphatic hydroxyl groups is 2. The van der Waals surface area contributed by atoms with Gasteiger partial charge in [-0.3, -0.25) is 20.0 Å². The van der Waals surface area contributed by atoms with Gasteiger partial charge in [0.1, 0.15) is 31.0 Å². The van der Waals surface area contributed by atoms with Gasteiger partial charge in [0.25, 0.3) is 0 Å². The van der Waals surface area contributed by atoms with Crippen LogP contribution in [0.2, 0.25) is 0 Å². The van der Waals surface area contributed by atoms with E-state index in [9.17, 15) is 19.8 Å². The van der Waals surface area contributed by atoms with E-state index in [1.165, 1.54) is 12.3 Å². The van der Waals surface area contributed by atoms with Crippen LogP contribution in [0, 0.1) is 5.92 Å². The Kier molecular flexibility index (Phi) is 6.08. The number of carbonyl (C=O) groups excluding carboxylic acids is 1. The Morgan fingerprint density at radius 1 is 1.48 bits per heavy atom. The molecule has 0 spiro atoms. The van der Waals surface area contributed by atoms with E-state index in [0.717, 1.165) is 4.57 Å². The van der Waals surface area contributed by atoms with Crippen molar-refractivity contribution < 1.29 is 29.7 Å². The molecule has 0 aliphatic carbocycles. The first-order chi connectivity index (χ1) is 11.8. The van der Waals surface area contributed by atoms with Gasteiger partial charge in [-0.15, -0.1) is 0 Å². The van der Waals surface area contributed by atoms with Crippen molar-refractivity contribution >= 4 is 11.8 Å². The van der Waals surface area contributed by atoms with E-state index in [1.807, 2.05) is 0 Å². The lowest BCUT2D eigenvalue weighted by molar-refractivity contribution is -0.152. The molecule has 25 heavy (non-hydrogen) atoms. The zero-order chi connectivity index (χ0) is 18.7. The maximum Gasteiger partial charge on any atom is 0.351 e. The first kappa shape index (κ1) is 19.3. The highest BCUT2D eigenvalue weighted by atomic mass is 16.6. The molecule has 0 unspecified atom stereocenters. The van der Waals surface area contributed by atoms with Crippen molar-refractivity contribution in [1.82, 2.24) is 9.55 Å². The molecule has 0 bridgehead atoms. The minimum atomic E-state index is -1.44. The maximum atomic E-state index is 11.9. The molecule has 1 saturated heterocycles. The molecule has 1 fully saturated rings. The molecule has 2 rings (SSSR count). The van der Waals surface area contributed by atoms with Crippen molar-refractivity contribution in [3.8, 4) is 0 Å². The lowest BCUT2D eigenvalue weighted by Gasteiger charge is -2.18. The molecule has 6 N–H and O–H groups in total. The summed E-state index contributed by atoms with van der Waals surface area (Å²) in [5, 5.41) is 28.9. The predicted octanol–water partition coefficient (Wildman–Crippen LogP) is -1.81. The highest BCUT2D eigenvalue weighted by Gasteiger charge is 2.44. The van der Waals surface area contributed by atoms with E-state index in [2.05, 4.69) is 4.98 Å². The van der Waals surface area contributed by atoms with Crippen LogP contribution >= 0.6 is 0 Å². The van der Waals surface area contributed by atoms with Crippen molar-refractivity contribution in [2.24, 2.45) is 11.7 Å². The van der Waals surface area contributed by atoms with Crippen LogP contribution in [0.4, 0.5) is 5.82 Å². The first-order valence-corrected chi connectivity index (χ1v) is 7.69. The van der Waals surface area contributed by atoms with Gasteiger partial charge in [0.2, 0.25) is 0 Å². The molecule has 1 aliphatic heterocycles. The Bertz CT molecular complexity index is 665. The molecule has 0 radical (unpaired) electrons. The van der Waals surface area contributed by atoms with Gasteiger partial charge in [-0.2, -0.15) is 4.98 Å². The highest BCUT2D eigenvalue weighted by Crippen LogP contribution is 2.28. The van der Waals surface area contributed by atoms with Crippen LogP contribution in [0.15, 0.2) is 17.1 Å². The largest absolute Gasteiger partial charge is 0.462 e.